The minimum absolute atomic E-state index is 0.329. The molecule has 0 amide bonds. The molecule has 0 aliphatic heterocycles. The Kier molecular flexibility index (Phi) is 5.37. The highest BCUT2D eigenvalue weighted by Crippen LogP contribution is 2.34. The van der Waals surface area contributed by atoms with Crippen molar-refractivity contribution in [2.75, 3.05) is 0 Å². The first-order valence-electron chi connectivity index (χ1n) is 7.28. The van der Waals surface area contributed by atoms with Crippen LogP contribution < -0.4 is 0 Å². The van der Waals surface area contributed by atoms with Crippen molar-refractivity contribution in [1.29, 1.82) is 0 Å². The van der Waals surface area contributed by atoms with Crippen molar-refractivity contribution in [2.24, 2.45) is 0 Å². The molecule has 0 fully saturated rings. The van der Waals surface area contributed by atoms with Crippen LogP contribution in [0.2, 0.25) is 0 Å². The van der Waals surface area contributed by atoms with E-state index < -0.39 is 0 Å². The number of rotatable bonds is 6. The first-order chi connectivity index (χ1) is 9.86. The summed E-state index contributed by atoms with van der Waals surface area (Å²) in [5, 5.41) is 0. The molecule has 102 valence electrons. The first kappa shape index (κ1) is 14.3. The Hall–Kier alpha value is -2.08. The molecule has 0 saturated heterocycles. The molecule has 0 aromatic heterocycles. The summed E-state index contributed by atoms with van der Waals surface area (Å²) in [4.78, 5) is 0. The zero-order chi connectivity index (χ0) is 14.2. The third-order valence-electron chi connectivity index (χ3n) is 3.51. The van der Waals surface area contributed by atoms with Gasteiger partial charge in [-0.2, -0.15) is 0 Å². The number of allylic oxidation sites excluding steroid dienone is 3. The van der Waals surface area contributed by atoms with E-state index in [4.69, 9.17) is 0 Å². The molecule has 0 radical (unpaired) electrons. The molecule has 2 rings (SSSR count). The van der Waals surface area contributed by atoms with Gasteiger partial charge in [0, 0.05) is 5.92 Å². The summed E-state index contributed by atoms with van der Waals surface area (Å²) in [6, 6.07) is 21.4. The molecule has 0 N–H and O–H groups in total. The molecule has 0 heteroatoms. The standard InChI is InChI=1S/C20H22/c1-3-11-17(12-4-2)20(18-13-7-5-8-14-18)19-15-9-6-10-16-19/h3,5-11,13-16,20H,1,4,12H2,2H3/b17-11+. The summed E-state index contributed by atoms with van der Waals surface area (Å²) in [6.07, 6.45) is 6.33. The Morgan fingerprint density at radius 1 is 0.950 bits per heavy atom. The summed E-state index contributed by atoms with van der Waals surface area (Å²) in [6.45, 7) is 6.10. The van der Waals surface area contributed by atoms with E-state index in [1.165, 1.54) is 16.7 Å². The summed E-state index contributed by atoms with van der Waals surface area (Å²) >= 11 is 0. The van der Waals surface area contributed by atoms with E-state index in [1.807, 2.05) is 6.08 Å². The highest BCUT2D eigenvalue weighted by atomic mass is 14.2. The van der Waals surface area contributed by atoms with E-state index in [-0.39, 0.29) is 0 Å². The van der Waals surface area contributed by atoms with Crippen molar-refractivity contribution < 1.29 is 0 Å². The molecule has 0 aliphatic carbocycles. The summed E-state index contributed by atoms with van der Waals surface area (Å²) in [7, 11) is 0. The Morgan fingerprint density at radius 3 is 1.85 bits per heavy atom. The van der Waals surface area contributed by atoms with Crippen molar-refractivity contribution in [3.8, 4) is 0 Å². The van der Waals surface area contributed by atoms with Crippen LogP contribution in [-0.4, -0.2) is 0 Å². The quantitative estimate of drug-likeness (QED) is 0.583. The van der Waals surface area contributed by atoms with Crippen molar-refractivity contribution >= 4 is 0 Å². The minimum atomic E-state index is 0.329. The maximum atomic E-state index is 3.88. The number of hydrogen-bond donors (Lipinski definition) is 0. The molecule has 0 saturated carbocycles. The second-order valence-corrected chi connectivity index (χ2v) is 4.98. The topological polar surface area (TPSA) is 0 Å². The van der Waals surface area contributed by atoms with Gasteiger partial charge in [0.1, 0.15) is 0 Å². The van der Waals surface area contributed by atoms with E-state index in [0.29, 0.717) is 5.92 Å². The lowest BCUT2D eigenvalue weighted by molar-refractivity contribution is 0.810. The molecule has 0 heterocycles. The molecule has 0 atom stereocenters. The lowest BCUT2D eigenvalue weighted by Crippen LogP contribution is -2.05. The van der Waals surface area contributed by atoms with E-state index in [1.54, 1.807) is 0 Å². The summed E-state index contributed by atoms with van der Waals surface area (Å²) in [5.74, 6) is 0.329. The zero-order valence-corrected chi connectivity index (χ0v) is 12.1. The van der Waals surface area contributed by atoms with Gasteiger partial charge in [0.2, 0.25) is 0 Å². The third-order valence-corrected chi connectivity index (χ3v) is 3.51. The van der Waals surface area contributed by atoms with Crippen LogP contribution in [0, 0.1) is 0 Å². The molecule has 0 spiro atoms. The van der Waals surface area contributed by atoms with Gasteiger partial charge in [0.15, 0.2) is 0 Å². The highest BCUT2D eigenvalue weighted by Gasteiger charge is 2.17. The van der Waals surface area contributed by atoms with E-state index in [9.17, 15) is 0 Å². The van der Waals surface area contributed by atoms with Crippen LogP contribution in [0.1, 0.15) is 36.8 Å². The average Bonchev–Trinajstić information content (AvgIpc) is 2.50. The van der Waals surface area contributed by atoms with Gasteiger partial charge in [0.25, 0.3) is 0 Å². The van der Waals surface area contributed by atoms with Crippen LogP contribution in [-0.2, 0) is 0 Å². The largest absolute Gasteiger partial charge is 0.0991 e. The van der Waals surface area contributed by atoms with Crippen LogP contribution >= 0.6 is 0 Å². The van der Waals surface area contributed by atoms with Gasteiger partial charge in [0.05, 0.1) is 0 Å². The fourth-order valence-corrected chi connectivity index (χ4v) is 2.68. The fraction of sp³-hybridized carbons (Fsp3) is 0.200. The molecule has 0 bridgehead atoms. The highest BCUT2D eigenvalue weighted by molar-refractivity contribution is 5.41. The maximum Gasteiger partial charge on any atom is 0.0302 e. The van der Waals surface area contributed by atoms with E-state index >= 15 is 0 Å². The van der Waals surface area contributed by atoms with Gasteiger partial charge in [-0.3, -0.25) is 0 Å². The Labute approximate surface area is 122 Å². The van der Waals surface area contributed by atoms with Crippen molar-refractivity contribution in [3.05, 3.63) is 96.1 Å². The smallest absolute Gasteiger partial charge is 0.0302 e. The predicted molar refractivity (Wildman–Crippen MR) is 87.9 cm³/mol. The maximum absolute atomic E-state index is 3.88. The molecule has 20 heavy (non-hydrogen) atoms. The lowest BCUT2D eigenvalue weighted by atomic mass is 9.83. The molecule has 2 aromatic rings. The molecular formula is C20H22. The molecule has 0 unspecified atom stereocenters. The SMILES string of the molecule is C=C/C=C(\CCC)C(c1ccccc1)c1ccccc1. The van der Waals surface area contributed by atoms with Gasteiger partial charge in [-0.25, -0.2) is 0 Å². The Balaban J connectivity index is 2.49. The van der Waals surface area contributed by atoms with Crippen LogP contribution in [0.4, 0.5) is 0 Å². The van der Waals surface area contributed by atoms with Crippen LogP contribution in [0.5, 0.6) is 0 Å². The lowest BCUT2D eigenvalue weighted by Gasteiger charge is -2.21. The Morgan fingerprint density at radius 2 is 1.45 bits per heavy atom. The monoisotopic (exact) mass is 262 g/mol. The predicted octanol–water partition coefficient (Wildman–Crippen LogP) is 5.73. The fourth-order valence-electron chi connectivity index (χ4n) is 2.68. The first-order valence-corrected chi connectivity index (χ1v) is 7.28. The van der Waals surface area contributed by atoms with Crippen molar-refractivity contribution in [1.82, 2.24) is 0 Å². The van der Waals surface area contributed by atoms with Gasteiger partial charge in [-0.15, -0.1) is 0 Å². The van der Waals surface area contributed by atoms with Gasteiger partial charge in [-0.1, -0.05) is 98.3 Å². The van der Waals surface area contributed by atoms with E-state index in [2.05, 4.69) is 80.2 Å². The number of hydrogen-bond acceptors (Lipinski definition) is 0. The van der Waals surface area contributed by atoms with Gasteiger partial charge < -0.3 is 0 Å². The number of benzene rings is 2. The molecule has 0 nitrogen and oxygen atoms in total. The van der Waals surface area contributed by atoms with E-state index in [0.717, 1.165) is 12.8 Å². The van der Waals surface area contributed by atoms with Crippen LogP contribution in [0.15, 0.2) is 85.0 Å². The third kappa shape index (κ3) is 3.48. The zero-order valence-electron chi connectivity index (χ0n) is 12.1. The second-order valence-electron chi connectivity index (χ2n) is 4.98. The Bertz CT molecular complexity index is 510. The second kappa shape index (κ2) is 7.49. The normalized spacial score (nSPS) is 11.6. The molecule has 0 aliphatic rings. The minimum Gasteiger partial charge on any atom is -0.0991 e. The van der Waals surface area contributed by atoms with Gasteiger partial charge in [-0.05, 0) is 17.5 Å². The van der Waals surface area contributed by atoms with Crippen LogP contribution in [0.25, 0.3) is 0 Å². The average molecular weight is 262 g/mol. The van der Waals surface area contributed by atoms with Crippen molar-refractivity contribution in [2.45, 2.75) is 25.7 Å². The summed E-state index contributed by atoms with van der Waals surface area (Å²) in [5.41, 5.74) is 4.13. The van der Waals surface area contributed by atoms with Gasteiger partial charge >= 0.3 is 0 Å². The molecule has 2 aromatic carbocycles. The molecular weight excluding hydrogens is 240 g/mol. The summed E-state index contributed by atoms with van der Waals surface area (Å²) < 4.78 is 0. The van der Waals surface area contributed by atoms with Crippen molar-refractivity contribution in [3.63, 3.8) is 0 Å². The van der Waals surface area contributed by atoms with Crippen LogP contribution in [0.3, 0.4) is 0 Å².